The van der Waals surface area contributed by atoms with E-state index in [0.29, 0.717) is 18.5 Å². The number of rotatable bonds is 8. The topological polar surface area (TPSA) is 41.1 Å². The average Bonchev–Trinajstić information content (AvgIpc) is 2.71. The van der Waals surface area contributed by atoms with Crippen molar-refractivity contribution in [3.05, 3.63) is 21.9 Å². The molecule has 1 aromatic heterocycles. The highest BCUT2D eigenvalue weighted by Crippen LogP contribution is 2.16. The molecule has 1 atom stereocenters. The van der Waals surface area contributed by atoms with Gasteiger partial charge in [-0.1, -0.05) is 13.8 Å². The lowest BCUT2D eigenvalue weighted by atomic mass is 10.1. The SMILES string of the molecule is Cc1ccc(CC(C)NCC(=O)NCCC(C)C)s1. The molecular formula is C15H26N2OS. The third kappa shape index (κ3) is 7.33. The Balaban J connectivity index is 2.15. The van der Waals surface area contributed by atoms with Crippen molar-refractivity contribution in [1.82, 2.24) is 10.6 Å². The molecule has 3 nitrogen and oxygen atoms in total. The molecule has 0 aliphatic heterocycles. The van der Waals surface area contributed by atoms with Gasteiger partial charge in [0.2, 0.25) is 5.91 Å². The Morgan fingerprint density at radius 2 is 2.05 bits per heavy atom. The highest BCUT2D eigenvalue weighted by Gasteiger charge is 2.07. The van der Waals surface area contributed by atoms with Crippen molar-refractivity contribution in [2.24, 2.45) is 5.92 Å². The number of thiophene rings is 1. The fourth-order valence-corrected chi connectivity index (χ4v) is 2.82. The van der Waals surface area contributed by atoms with E-state index in [1.165, 1.54) is 9.75 Å². The van der Waals surface area contributed by atoms with Gasteiger partial charge in [-0.3, -0.25) is 4.79 Å². The number of hydrogen-bond donors (Lipinski definition) is 2. The molecule has 0 spiro atoms. The zero-order valence-corrected chi connectivity index (χ0v) is 13.3. The molecule has 4 heteroatoms. The molecule has 19 heavy (non-hydrogen) atoms. The summed E-state index contributed by atoms with van der Waals surface area (Å²) >= 11 is 1.83. The highest BCUT2D eigenvalue weighted by molar-refractivity contribution is 7.11. The van der Waals surface area contributed by atoms with E-state index in [9.17, 15) is 4.79 Å². The summed E-state index contributed by atoms with van der Waals surface area (Å²) in [7, 11) is 0. The zero-order valence-electron chi connectivity index (χ0n) is 12.5. The first kappa shape index (κ1) is 16.2. The Hall–Kier alpha value is -0.870. The summed E-state index contributed by atoms with van der Waals surface area (Å²) in [4.78, 5) is 14.3. The molecular weight excluding hydrogens is 256 g/mol. The lowest BCUT2D eigenvalue weighted by molar-refractivity contribution is -0.120. The molecule has 0 saturated carbocycles. The van der Waals surface area contributed by atoms with E-state index in [4.69, 9.17) is 0 Å². The normalized spacial score (nSPS) is 12.7. The summed E-state index contributed by atoms with van der Waals surface area (Å²) in [6.07, 6.45) is 2.02. The number of amides is 1. The van der Waals surface area contributed by atoms with Gasteiger partial charge < -0.3 is 10.6 Å². The standard InChI is InChI=1S/C15H26N2OS/c1-11(2)7-8-16-15(18)10-17-12(3)9-14-6-5-13(4)19-14/h5-6,11-12,17H,7-10H2,1-4H3,(H,16,18). The van der Waals surface area contributed by atoms with Crippen molar-refractivity contribution in [1.29, 1.82) is 0 Å². The first-order valence-electron chi connectivity index (χ1n) is 7.02. The Morgan fingerprint density at radius 1 is 1.32 bits per heavy atom. The van der Waals surface area contributed by atoms with E-state index in [-0.39, 0.29) is 5.91 Å². The summed E-state index contributed by atoms with van der Waals surface area (Å²) in [6, 6.07) is 4.64. The van der Waals surface area contributed by atoms with Crippen LogP contribution in [-0.2, 0) is 11.2 Å². The minimum absolute atomic E-state index is 0.0925. The summed E-state index contributed by atoms with van der Waals surface area (Å²) in [5.74, 6) is 0.726. The minimum atomic E-state index is 0.0925. The van der Waals surface area contributed by atoms with Gasteiger partial charge in [0.25, 0.3) is 0 Å². The number of nitrogens with one attached hydrogen (secondary N) is 2. The van der Waals surface area contributed by atoms with Gasteiger partial charge in [-0.25, -0.2) is 0 Å². The van der Waals surface area contributed by atoms with Gasteiger partial charge in [0, 0.05) is 22.3 Å². The van der Waals surface area contributed by atoms with Gasteiger partial charge in [-0.05, 0) is 44.7 Å². The molecule has 0 radical (unpaired) electrons. The van der Waals surface area contributed by atoms with Crippen molar-refractivity contribution in [2.45, 2.75) is 46.6 Å². The third-order valence-corrected chi connectivity index (χ3v) is 3.98. The van der Waals surface area contributed by atoms with E-state index in [2.05, 4.69) is 50.5 Å². The molecule has 1 amide bonds. The van der Waals surface area contributed by atoms with Crippen LogP contribution in [0.2, 0.25) is 0 Å². The second-order valence-corrected chi connectivity index (χ2v) is 6.90. The van der Waals surface area contributed by atoms with Crippen LogP contribution in [0, 0.1) is 12.8 Å². The van der Waals surface area contributed by atoms with Crippen molar-refractivity contribution in [3.63, 3.8) is 0 Å². The van der Waals surface area contributed by atoms with Crippen LogP contribution in [0.5, 0.6) is 0 Å². The van der Waals surface area contributed by atoms with Gasteiger partial charge in [0.1, 0.15) is 0 Å². The maximum absolute atomic E-state index is 11.6. The maximum atomic E-state index is 11.6. The fraction of sp³-hybridized carbons (Fsp3) is 0.667. The van der Waals surface area contributed by atoms with Crippen LogP contribution in [0.1, 0.15) is 36.9 Å². The largest absolute Gasteiger partial charge is 0.355 e. The molecule has 0 saturated heterocycles. The van der Waals surface area contributed by atoms with E-state index in [1.807, 2.05) is 11.3 Å². The van der Waals surface area contributed by atoms with Crippen LogP contribution in [0.3, 0.4) is 0 Å². The van der Waals surface area contributed by atoms with E-state index >= 15 is 0 Å². The molecule has 1 unspecified atom stereocenters. The zero-order chi connectivity index (χ0) is 14.3. The first-order chi connectivity index (χ1) is 8.97. The third-order valence-electron chi connectivity index (χ3n) is 2.96. The van der Waals surface area contributed by atoms with Gasteiger partial charge in [0.15, 0.2) is 0 Å². The predicted molar refractivity (Wildman–Crippen MR) is 82.7 cm³/mol. The van der Waals surface area contributed by atoms with Crippen LogP contribution >= 0.6 is 11.3 Å². The molecule has 0 aliphatic carbocycles. The van der Waals surface area contributed by atoms with Crippen molar-refractivity contribution in [2.75, 3.05) is 13.1 Å². The van der Waals surface area contributed by atoms with Crippen LogP contribution in [0.15, 0.2) is 12.1 Å². The molecule has 1 rings (SSSR count). The summed E-state index contributed by atoms with van der Waals surface area (Å²) in [5.41, 5.74) is 0. The second kappa shape index (κ2) is 8.33. The molecule has 108 valence electrons. The van der Waals surface area contributed by atoms with E-state index in [1.54, 1.807) is 0 Å². The van der Waals surface area contributed by atoms with Gasteiger partial charge >= 0.3 is 0 Å². The maximum Gasteiger partial charge on any atom is 0.233 e. The van der Waals surface area contributed by atoms with E-state index in [0.717, 1.165) is 19.4 Å². The molecule has 0 bridgehead atoms. The van der Waals surface area contributed by atoms with Crippen molar-refractivity contribution < 1.29 is 4.79 Å². The van der Waals surface area contributed by atoms with Crippen molar-refractivity contribution >= 4 is 17.2 Å². The second-order valence-electron chi connectivity index (χ2n) is 5.53. The Labute approximate surface area is 120 Å². The molecule has 1 aromatic rings. The fourth-order valence-electron chi connectivity index (χ4n) is 1.80. The summed E-state index contributed by atoms with van der Waals surface area (Å²) in [6.45, 7) is 9.75. The number of aryl methyl sites for hydroxylation is 1. The summed E-state index contributed by atoms with van der Waals surface area (Å²) in [5, 5.41) is 6.21. The van der Waals surface area contributed by atoms with E-state index < -0.39 is 0 Å². The monoisotopic (exact) mass is 282 g/mol. The number of carbonyl (C=O) groups excluding carboxylic acids is 1. The Bertz CT molecular complexity index is 387. The first-order valence-corrected chi connectivity index (χ1v) is 7.84. The Morgan fingerprint density at radius 3 is 2.63 bits per heavy atom. The quantitative estimate of drug-likeness (QED) is 0.770. The Kier molecular flexibility index (Phi) is 7.10. The molecule has 1 heterocycles. The highest BCUT2D eigenvalue weighted by atomic mass is 32.1. The lowest BCUT2D eigenvalue weighted by Gasteiger charge is -2.13. The van der Waals surface area contributed by atoms with Crippen LogP contribution < -0.4 is 10.6 Å². The lowest BCUT2D eigenvalue weighted by Crippen LogP contribution is -2.39. The van der Waals surface area contributed by atoms with Crippen molar-refractivity contribution in [3.8, 4) is 0 Å². The molecule has 2 N–H and O–H groups in total. The van der Waals surface area contributed by atoms with Gasteiger partial charge in [0.05, 0.1) is 6.54 Å². The molecule has 0 aromatic carbocycles. The molecule has 0 fully saturated rings. The summed E-state index contributed by atoms with van der Waals surface area (Å²) < 4.78 is 0. The smallest absolute Gasteiger partial charge is 0.233 e. The van der Waals surface area contributed by atoms with Crippen LogP contribution in [0.25, 0.3) is 0 Å². The van der Waals surface area contributed by atoms with Gasteiger partial charge in [-0.15, -0.1) is 11.3 Å². The minimum Gasteiger partial charge on any atom is -0.355 e. The van der Waals surface area contributed by atoms with Crippen LogP contribution in [-0.4, -0.2) is 25.0 Å². The number of hydrogen-bond acceptors (Lipinski definition) is 3. The van der Waals surface area contributed by atoms with Crippen LogP contribution in [0.4, 0.5) is 0 Å². The van der Waals surface area contributed by atoms with Gasteiger partial charge in [-0.2, -0.15) is 0 Å². The predicted octanol–water partition coefficient (Wildman–Crippen LogP) is 2.74. The number of carbonyl (C=O) groups is 1. The average molecular weight is 282 g/mol. The molecule has 0 aliphatic rings.